The number of carbonyl (C=O) groups is 1. The Labute approximate surface area is 114 Å². The number of nitrogens with one attached hydrogen (secondary N) is 1. The SMILES string of the molecule is CC(C)c1cc(OCC2CCCN2)ccc1C(N)=O. The zero-order valence-electron chi connectivity index (χ0n) is 11.6. The van der Waals surface area contributed by atoms with Gasteiger partial charge >= 0.3 is 0 Å². The highest BCUT2D eigenvalue weighted by molar-refractivity contribution is 5.94. The van der Waals surface area contributed by atoms with Crippen molar-refractivity contribution in [1.82, 2.24) is 5.32 Å². The zero-order chi connectivity index (χ0) is 13.8. The van der Waals surface area contributed by atoms with Gasteiger partial charge in [0, 0.05) is 11.6 Å². The first kappa shape index (κ1) is 13.9. The Morgan fingerprint density at radius 1 is 1.53 bits per heavy atom. The second-order valence-corrected chi connectivity index (χ2v) is 5.37. The monoisotopic (exact) mass is 262 g/mol. The maximum Gasteiger partial charge on any atom is 0.248 e. The van der Waals surface area contributed by atoms with Crippen LogP contribution in [0.5, 0.6) is 5.75 Å². The Bertz CT molecular complexity index is 451. The van der Waals surface area contributed by atoms with Gasteiger partial charge in [-0.05, 0) is 49.1 Å². The largest absolute Gasteiger partial charge is 0.492 e. The third-order valence-corrected chi connectivity index (χ3v) is 3.52. The predicted molar refractivity (Wildman–Crippen MR) is 75.6 cm³/mol. The summed E-state index contributed by atoms with van der Waals surface area (Å²) in [5.41, 5.74) is 6.92. The lowest BCUT2D eigenvalue weighted by atomic mass is 9.96. The molecule has 1 amide bonds. The molecular formula is C15H22N2O2. The van der Waals surface area contributed by atoms with E-state index in [1.165, 1.54) is 6.42 Å². The summed E-state index contributed by atoms with van der Waals surface area (Å²) in [6.45, 7) is 5.84. The van der Waals surface area contributed by atoms with Crippen LogP contribution in [0.4, 0.5) is 0 Å². The highest BCUT2D eigenvalue weighted by atomic mass is 16.5. The molecule has 1 aliphatic rings. The van der Waals surface area contributed by atoms with Gasteiger partial charge < -0.3 is 15.8 Å². The van der Waals surface area contributed by atoms with E-state index in [4.69, 9.17) is 10.5 Å². The molecule has 1 aliphatic heterocycles. The van der Waals surface area contributed by atoms with Crippen molar-refractivity contribution < 1.29 is 9.53 Å². The maximum absolute atomic E-state index is 11.4. The molecule has 1 heterocycles. The van der Waals surface area contributed by atoms with Crippen molar-refractivity contribution in [2.75, 3.05) is 13.2 Å². The van der Waals surface area contributed by atoms with Gasteiger partial charge in [0.2, 0.25) is 5.91 Å². The van der Waals surface area contributed by atoms with Gasteiger partial charge in [-0.2, -0.15) is 0 Å². The van der Waals surface area contributed by atoms with E-state index in [1.807, 2.05) is 26.0 Å². The van der Waals surface area contributed by atoms with Crippen molar-refractivity contribution in [2.24, 2.45) is 5.73 Å². The average Bonchev–Trinajstić information content (AvgIpc) is 2.88. The molecule has 1 atom stereocenters. The van der Waals surface area contributed by atoms with Crippen LogP contribution in [0.2, 0.25) is 0 Å². The predicted octanol–water partition coefficient (Wildman–Crippen LogP) is 2.04. The van der Waals surface area contributed by atoms with Crippen LogP contribution in [-0.4, -0.2) is 25.1 Å². The van der Waals surface area contributed by atoms with E-state index in [9.17, 15) is 4.79 Å². The van der Waals surface area contributed by atoms with Gasteiger partial charge in [0.1, 0.15) is 12.4 Å². The highest BCUT2D eigenvalue weighted by Gasteiger charge is 2.16. The summed E-state index contributed by atoms with van der Waals surface area (Å²) in [4.78, 5) is 11.4. The molecule has 0 saturated carbocycles. The third-order valence-electron chi connectivity index (χ3n) is 3.52. The first-order valence-electron chi connectivity index (χ1n) is 6.88. The molecule has 1 fully saturated rings. The van der Waals surface area contributed by atoms with Crippen LogP contribution in [0.25, 0.3) is 0 Å². The van der Waals surface area contributed by atoms with Crippen molar-refractivity contribution in [3.8, 4) is 5.75 Å². The molecule has 0 radical (unpaired) electrons. The number of nitrogens with two attached hydrogens (primary N) is 1. The number of ether oxygens (including phenoxy) is 1. The summed E-state index contributed by atoms with van der Waals surface area (Å²) in [7, 11) is 0. The van der Waals surface area contributed by atoms with E-state index < -0.39 is 0 Å². The molecule has 3 N–H and O–H groups in total. The van der Waals surface area contributed by atoms with Gasteiger partial charge in [-0.1, -0.05) is 13.8 Å². The summed E-state index contributed by atoms with van der Waals surface area (Å²) in [6.07, 6.45) is 2.38. The van der Waals surface area contributed by atoms with Crippen molar-refractivity contribution in [2.45, 2.75) is 38.6 Å². The van der Waals surface area contributed by atoms with Crippen molar-refractivity contribution in [3.05, 3.63) is 29.3 Å². The molecule has 1 aromatic carbocycles. The minimum absolute atomic E-state index is 0.246. The molecule has 1 unspecified atom stereocenters. The van der Waals surface area contributed by atoms with Gasteiger partial charge in [-0.15, -0.1) is 0 Å². The third kappa shape index (κ3) is 3.47. The summed E-state index contributed by atoms with van der Waals surface area (Å²) < 4.78 is 5.80. The first-order valence-corrected chi connectivity index (χ1v) is 6.88. The minimum atomic E-state index is -0.382. The van der Waals surface area contributed by atoms with E-state index in [0.717, 1.165) is 24.3 Å². The van der Waals surface area contributed by atoms with Crippen LogP contribution in [0.15, 0.2) is 18.2 Å². The lowest BCUT2D eigenvalue weighted by Gasteiger charge is -2.15. The number of primary amides is 1. The Morgan fingerprint density at radius 2 is 2.32 bits per heavy atom. The van der Waals surface area contributed by atoms with Crippen LogP contribution in [-0.2, 0) is 0 Å². The zero-order valence-corrected chi connectivity index (χ0v) is 11.6. The second kappa shape index (κ2) is 6.06. The Hall–Kier alpha value is -1.55. The van der Waals surface area contributed by atoms with Crippen LogP contribution in [0.3, 0.4) is 0 Å². The van der Waals surface area contributed by atoms with Crippen LogP contribution in [0.1, 0.15) is 48.5 Å². The molecule has 104 valence electrons. The van der Waals surface area contributed by atoms with Gasteiger partial charge in [0.05, 0.1) is 0 Å². The van der Waals surface area contributed by atoms with E-state index in [2.05, 4.69) is 5.32 Å². The van der Waals surface area contributed by atoms with Crippen LogP contribution in [0, 0.1) is 0 Å². The Balaban J connectivity index is 2.08. The molecular weight excluding hydrogens is 240 g/mol. The topological polar surface area (TPSA) is 64.3 Å². The van der Waals surface area contributed by atoms with E-state index in [-0.39, 0.29) is 11.8 Å². The molecule has 0 aromatic heterocycles. The Morgan fingerprint density at radius 3 is 2.89 bits per heavy atom. The van der Waals surface area contributed by atoms with Gasteiger partial charge in [-0.3, -0.25) is 4.79 Å². The summed E-state index contributed by atoms with van der Waals surface area (Å²) in [6, 6.07) is 5.95. The van der Waals surface area contributed by atoms with Crippen LogP contribution >= 0.6 is 0 Å². The normalized spacial score (nSPS) is 18.8. The number of benzene rings is 1. The number of hydrogen-bond acceptors (Lipinski definition) is 3. The molecule has 19 heavy (non-hydrogen) atoms. The molecule has 1 aromatic rings. The maximum atomic E-state index is 11.4. The molecule has 0 bridgehead atoms. The van der Waals surface area contributed by atoms with Crippen LogP contribution < -0.4 is 15.8 Å². The van der Waals surface area contributed by atoms with Crippen molar-refractivity contribution in [1.29, 1.82) is 0 Å². The van der Waals surface area contributed by atoms with E-state index in [1.54, 1.807) is 6.07 Å². The quantitative estimate of drug-likeness (QED) is 0.853. The first-order chi connectivity index (χ1) is 9.08. The van der Waals surface area contributed by atoms with E-state index >= 15 is 0 Å². The summed E-state index contributed by atoms with van der Waals surface area (Å²) >= 11 is 0. The van der Waals surface area contributed by atoms with Crippen molar-refractivity contribution in [3.63, 3.8) is 0 Å². The number of carbonyl (C=O) groups excluding carboxylic acids is 1. The Kier molecular flexibility index (Phi) is 4.43. The lowest BCUT2D eigenvalue weighted by Crippen LogP contribution is -2.28. The molecule has 0 spiro atoms. The van der Waals surface area contributed by atoms with Gasteiger partial charge in [0.25, 0.3) is 0 Å². The minimum Gasteiger partial charge on any atom is -0.492 e. The van der Waals surface area contributed by atoms with Crippen molar-refractivity contribution >= 4 is 5.91 Å². The number of amides is 1. The molecule has 4 heteroatoms. The molecule has 0 aliphatic carbocycles. The highest BCUT2D eigenvalue weighted by Crippen LogP contribution is 2.25. The summed E-state index contributed by atoms with van der Waals surface area (Å²) in [5, 5.41) is 3.39. The van der Waals surface area contributed by atoms with Gasteiger partial charge in [0.15, 0.2) is 0 Å². The average molecular weight is 262 g/mol. The smallest absolute Gasteiger partial charge is 0.248 e. The standard InChI is InChI=1S/C15H22N2O2/c1-10(2)14-8-12(5-6-13(14)15(16)18)19-9-11-4-3-7-17-11/h5-6,8,10-11,17H,3-4,7,9H2,1-2H3,(H2,16,18). The van der Waals surface area contributed by atoms with Gasteiger partial charge in [-0.25, -0.2) is 0 Å². The fourth-order valence-electron chi connectivity index (χ4n) is 2.43. The van der Waals surface area contributed by atoms with E-state index in [0.29, 0.717) is 18.2 Å². The molecule has 1 saturated heterocycles. The fourth-order valence-corrected chi connectivity index (χ4v) is 2.43. The molecule has 2 rings (SSSR count). The fraction of sp³-hybridized carbons (Fsp3) is 0.533. The summed E-state index contributed by atoms with van der Waals surface area (Å²) in [5.74, 6) is 0.672. The number of hydrogen-bond donors (Lipinski definition) is 2. The number of rotatable bonds is 5. The lowest BCUT2D eigenvalue weighted by molar-refractivity contribution is 0.0999. The second-order valence-electron chi connectivity index (χ2n) is 5.37. The molecule has 4 nitrogen and oxygen atoms in total.